The summed E-state index contributed by atoms with van der Waals surface area (Å²) in [7, 11) is -4.43. The molecule has 2 atom stereocenters. The van der Waals surface area contributed by atoms with Gasteiger partial charge in [-0.3, -0.25) is 0 Å². The molecule has 1 aliphatic heterocycles. The van der Waals surface area contributed by atoms with Crippen LogP contribution in [0.4, 0.5) is 0 Å². The summed E-state index contributed by atoms with van der Waals surface area (Å²) in [5.41, 5.74) is 9.86. The molecule has 2 aliphatic carbocycles. The van der Waals surface area contributed by atoms with Crippen LogP contribution >= 0.6 is 0 Å². The lowest BCUT2D eigenvalue weighted by Gasteiger charge is -2.67. The van der Waals surface area contributed by atoms with Crippen LogP contribution in [0.3, 0.4) is 0 Å². The van der Waals surface area contributed by atoms with Gasteiger partial charge in [0.05, 0.1) is 13.7 Å². The van der Waals surface area contributed by atoms with Crippen LogP contribution in [0.2, 0.25) is 64.0 Å². The van der Waals surface area contributed by atoms with Gasteiger partial charge in [0.1, 0.15) is 0 Å². The fourth-order valence-electron chi connectivity index (χ4n) is 8.73. The Kier molecular flexibility index (Phi) is 8.48. The molecule has 0 amide bonds. The van der Waals surface area contributed by atoms with Gasteiger partial charge in [0.15, 0.2) is 0 Å². The van der Waals surface area contributed by atoms with Gasteiger partial charge in [-0.2, -0.15) is 0 Å². The van der Waals surface area contributed by atoms with Crippen molar-refractivity contribution >= 4 is 35.4 Å². The van der Waals surface area contributed by atoms with Crippen molar-refractivity contribution in [2.45, 2.75) is 133 Å². The lowest BCUT2D eigenvalue weighted by Crippen LogP contribution is -2.76. The number of hydrogen-bond donors (Lipinski definition) is 0. The van der Waals surface area contributed by atoms with E-state index in [0.29, 0.717) is 0 Å². The van der Waals surface area contributed by atoms with E-state index in [1.54, 1.807) is 33.4 Å². The van der Waals surface area contributed by atoms with Crippen molar-refractivity contribution in [3.8, 4) is 0 Å². The van der Waals surface area contributed by atoms with Gasteiger partial charge in [-0.05, 0) is 79.1 Å². The summed E-state index contributed by atoms with van der Waals surface area (Å²) >= 11 is 0. The Labute approximate surface area is 261 Å². The van der Waals surface area contributed by atoms with E-state index in [4.69, 9.17) is 4.74 Å². The number of unbranched alkanes of at least 4 members (excludes halogenated alkanes) is 3. The molecule has 1 heterocycles. The molecule has 2 spiro atoms. The molecule has 0 N–H and O–H groups in total. The first-order valence-electron chi connectivity index (χ1n) is 16.8. The van der Waals surface area contributed by atoms with Crippen LogP contribution in [-0.4, -0.2) is 36.4 Å². The van der Waals surface area contributed by atoms with Crippen LogP contribution in [-0.2, 0) is 14.8 Å². The van der Waals surface area contributed by atoms with E-state index in [9.17, 15) is 0 Å². The van der Waals surface area contributed by atoms with Gasteiger partial charge in [-0.25, -0.2) is 0 Å². The number of benzene rings is 2. The molecule has 2 unspecified atom stereocenters. The number of fused-ring (bicyclic) bond motifs is 4. The van der Waals surface area contributed by atoms with Crippen molar-refractivity contribution in [1.29, 1.82) is 0 Å². The van der Waals surface area contributed by atoms with Gasteiger partial charge in [0.25, 0.3) is 0 Å². The summed E-state index contributed by atoms with van der Waals surface area (Å²) in [6.07, 6.45) is 12.2. The van der Waals surface area contributed by atoms with E-state index < -0.39 is 24.2 Å². The maximum atomic E-state index is 6.04. The minimum Gasteiger partial charge on any atom is -0.376 e. The van der Waals surface area contributed by atoms with Crippen molar-refractivity contribution in [3.05, 3.63) is 82.9 Å². The van der Waals surface area contributed by atoms with Crippen LogP contribution in [0.5, 0.6) is 0 Å². The molecular weight excluding hydrogens is 557 g/mol. The summed E-state index contributed by atoms with van der Waals surface area (Å²) in [5, 5.41) is 0.512. The van der Waals surface area contributed by atoms with Crippen molar-refractivity contribution in [3.63, 3.8) is 0 Å². The number of rotatable bonds is 11. The second-order valence-electron chi connectivity index (χ2n) is 17.5. The summed E-state index contributed by atoms with van der Waals surface area (Å²) < 4.78 is 6.04. The van der Waals surface area contributed by atoms with E-state index in [1.807, 2.05) is 0 Å². The molecule has 228 valence electrons. The molecule has 3 aliphatic rings. The summed E-state index contributed by atoms with van der Waals surface area (Å²) in [5.74, 6) is 0. The maximum Gasteiger partial charge on any atom is 0.0822 e. The van der Waals surface area contributed by atoms with E-state index in [1.165, 1.54) is 50.2 Å². The average molecular weight is 615 g/mol. The second-order valence-corrected chi connectivity index (χ2v) is 33.4. The first-order valence-corrected chi connectivity index (χ1v) is 26.9. The smallest absolute Gasteiger partial charge is 0.0822 e. The van der Waals surface area contributed by atoms with Crippen LogP contribution in [0, 0.1) is 0 Å². The Balaban J connectivity index is 1.53. The standard InChI is InChI=1S/C38H58OSi3/c1-36(2,3)39-23-17-11-12-18-24-42(10)37(25-30(27-40(4,5)6)32-19-13-15-21-34(32)37)29-38(42)26-31(28-41(7,8)9)33-20-14-16-22-35(33)38/h13-16,19-22,25-26H,11-12,17-18,23-24,27-29H2,1-10H3. The van der Waals surface area contributed by atoms with Crippen molar-refractivity contribution in [2.75, 3.05) is 6.61 Å². The number of allylic oxidation sites excluding steroid dienone is 4. The Morgan fingerprint density at radius 3 is 1.60 bits per heavy atom. The van der Waals surface area contributed by atoms with Crippen LogP contribution in [0.15, 0.2) is 60.7 Å². The fourth-order valence-corrected chi connectivity index (χ4v) is 17.9. The molecule has 1 saturated heterocycles. The third-order valence-electron chi connectivity index (χ3n) is 10.4. The lowest BCUT2D eigenvalue weighted by molar-refractivity contribution is -0.00471. The SMILES string of the molecule is CC(C)(C)OCCCCCC[Si]1(C)C2(C=C(C[Si](C)(C)C)c3ccccc32)CC12C=C(C[Si](C)(C)C)c1ccccc12. The quantitative estimate of drug-likeness (QED) is 0.181. The molecule has 2 aromatic carbocycles. The molecule has 2 aromatic rings. The monoisotopic (exact) mass is 614 g/mol. The van der Waals surface area contributed by atoms with Gasteiger partial charge in [-0.15, -0.1) is 0 Å². The molecule has 1 fully saturated rings. The molecule has 0 saturated carbocycles. The van der Waals surface area contributed by atoms with E-state index in [0.717, 1.165) is 6.61 Å². The summed E-state index contributed by atoms with van der Waals surface area (Å²) in [6, 6.07) is 23.2. The molecule has 5 rings (SSSR count). The summed E-state index contributed by atoms with van der Waals surface area (Å²) in [6.45, 7) is 25.5. The van der Waals surface area contributed by atoms with E-state index in [2.05, 4.69) is 127 Å². The van der Waals surface area contributed by atoms with Crippen molar-refractivity contribution in [2.24, 2.45) is 0 Å². The van der Waals surface area contributed by atoms with Gasteiger partial charge in [0.2, 0.25) is 0 Å². The summed E-state index contributed by atoms with van der Waals surface area (Å²) in [4.78, 5) is 0. The third-order valence-corrected chi connectivity index (χ3v) is 19.8. The third kappa shape index (κ3) is 5.82. The zero-order valence-corrected chi connectivity index (χ0v) is 31.5. The zero-order chi connectivity index (χ0) is 30.6. The Morgan fingerprint density at radius 2 is 1.14 bits per heavy atom. The van der Waals surface area contributed by atoms with E-state index >= 15 is 0 Å². The van der Waals surface area contributed by atoms with Crippen molar-refractivity contribution in [1.82, 2.24) is 0 Å². The van der Waals surface area contributed by atoms with Gasteiger partial charge in [0, 0.05) is 32.8 Å². The highest BCUT2D eigenvalue weighted by Gasteiger charge is 2.73. The largest absolute Gasteiger partial charge is 0.376 e. The molecular formula is C38H58OSi3. The normalized spacial score (nSPS) is 26.7. The predicted octanol–water partition coefficient (Wildman–Crippen LogP) is 11.3. The van der Waals surface area contributed by atoms with E-state index in [-0.39, 0.29) is 15.7 Å². The predicted molar refractivity (Wildman–Crippen MR) is 194 cm³/mol. The lowest BCUT2D eigenvalue weighted by atomic mass is 9.83. The van der Waals surface area contributed by atoms with Crippen LogP contribution in [0.25, 0.3) is 11.1 Å². The molecule has 4 heteroatoms. The first kappa shape index (κ1) is 31.9. The highest BCUT2D eigenvalue weighted by atomic mass is 28.3. The Hall–Kier alpha value is -1.47. The van der Waals surface area contributed by atoms with Gasteiger partial charge >= 0.3 is 0 Å². The van der Waals surface area contributed by atoms with Crippen molar-refractivity contribution < 1.29 is 4.74 Å². The highest BCUT2D eigenvalue weighted by molar-refractivity contribution is 6.89. The fraction of sp³-hybridized carbons (Fsp3) is 0.579. The van der Waals surface area contributed by atoms with Gasteiger partial charge < -0.3 is 4.74 Å². The van der Waals surface area contributed by atoms with Crippen LogP contribution in [0.1, 0.15) is 75.1 Å². The molecule has 0 bridgehead atoms. The zero-order valence-electron chi connectivity index (χ0n) is 28.5. The number of ether oxygens (including phenoxy) is 1. The first-order chi connectivity index (χ1) is 19.5. The topological polar surface area (TPSA) is 9.23 Å². The molecule has 0 radical (unpaired) electrons. The number of hydrogen-bond acceptors (Lipinski definition) is 1. The second kappa shape index (κ2) is 11.2. The molecule has 1 nitrogen and oxygen atoms in total. The van der Waals surface area contributed by atoms with Gasteiger partial charge in [-0.1, -0.05) is 132 Å². The highest BCUT2D eigenvalue weighted by Crippen LogP contribution is 2.71. The minimum absolute atomic E-state index is 0.0310. The average Bonchev–Trinajstić information content (AvgIpc) is 3.37. The minimum atomic E-state index is -1.92. The molecule has 0 aromatic heterocycles. The molecule has 42 heavy (non-hydrogen) atoms. The maximum absolute atomic E-state index is 6.04. The van der Waals surface area contributed by atoms with Crippen LogP contribution < -0.4 is 0 Å². The Morgan fingerprint density at radius 1 is 0.690 bits per heavy atom. The Bertz CT molecular complexity index is 1280.